The Balaban J connectivity index is 1.99. The molecule has 2 N–H and O–H groups in total. The Hall–Kier alpha value is -2.83. The second-order valence-electron chi connectivity index (χ2n) is 4.59. The summed E-state index contributed by atoms with van der Waals surface area (Å²) in [4.78, 5) is 27.3. The molecule has 0 bridgehead atoms. The number of rotatable bonds is 3. The Morgan fingerprint density at radius 3 is 2.23 bits per heavy atom. The molecule has 1 atom stereocenters. The van der Waals surface area contributed by atoms with Gasteiger partial charge in [0.25, 0.3) is 0 Å². The van der Waals surface area contributed by atoms with Gasteiger partial charge in [0.2, 0.25) is 0 Å². The van der Waals surface area contributed by atoms with Crippen LogP contribution in [-0.2, 0) is 9.59 Å². The normalized spacial score (nSPS) is 11.6. The molecule has 22 heavy (non-hydrogen) atoms. The third-order valence-electron chi connectivity index (χ3n) is 2.88. The first-order valence-corrected chi connectivity index (χ1v) is 6.43. The van der Waals surface area contributed by atoms with Gasteiger partial charge in [-0.1, -0.05) is 0 Å². The maximum absolute atomic E-state index is 13.0. The molecule has 7 heteroatoms. The minimum absolute atomic E-state index is 0.130. The lowest BCUT2D eigenvalue weighted by atomic mass is 10.1. The van der Waals surface area contributed by atoms with Crippen molar-refractivity contribution >= 4 is 17.5 Å². The summed E-state index contributed by atoms with van der Waals surface area (Å²) in [6.45, 7) is 1.70. The zero-order chi connectivity index (χ0) is 16.1. The van der Waals surface area contributed by atoms with Gasteiger partial charge in [-0.15, -0.1) is 0 Å². The van der Waals surface area contributed by atoms with E-state index in [0.717, 1.165) is 17.7 Å². The van der Waals surface area contributed by atoms with Crippen LogP contribution in [-0.4, -0.2) is 16.8 Å². The van der Waals surface area contributed by atoms with Gasteiger partial charge in [-0.3, -0.25) is 14.6 Å². The first kappa shape index (κ1) is 15.6. The van der Waals surface area contributed by atoms with Crippen LogP contribution in [0.2, 0.25) is 0 Å². The summed E-state index contributed by atoms with van der Waals surface area (Å²) in [5.74, 6) is -3.61. The molecule has 2 aromatic rings. The van der Waals surface area contributed by atoms with Gasteiger partial charge < -0.3 is 10.6 Å². The number of carbonyl (C=O) groups is 2. The lowest BCUT2D eigenvalue weighted by molar-refractivity contribution is -0.136. The first-order valence-electron chi connectivity index (χ1n) is 6.43. The molecule has 5 nitrogen and oxygen atoms in total. The van der Waals surface area contributed by atoms with Crippen molar-refractivity contribution < 1.29 is 18.4 Å². The van der Waals surface area contributed by atoms with E-state index in [9.17, 15) is 18.4 Å². The van der Waals surface area contributed by atoms with Crippen molar-refractivity contribution in [1.82, 2.24) is 10.3 Å². The predicted octanol–water partition coefficient (Wildman–Crippen LogP) is 2.18. The number of aromatic nitrogens is 1. The number of nitrogens with zero attached hydrogens (tertiary/aromatic N) is 1. The summed E-state index contributed by atoms with van der Waals surface area (Å²) in [6, 6.07) is 5.49. The Morgan fingerprint density at radius 1 is 1.05 bits per heavy atom. The fraction of sp³-hybridized carbons (Fsp3) is 0.133. The highest BCUT2D eigenvalue weighted by atomic mass is 19.1. The van der Waals surface area contributed by atoms with Crippen LogP contribution in [0.3, 0.4) is 0 Å². The van der Waals surface area contributed by atoms with Crippen molar-refractivity contribution in [3.05, 3.63) is 59.9 Å². The fourth-order valence-electron chi connectivity index (χ4n) is 1.81. The zero-order valence-corrected chi connectivity index (χ0v) is 11.6. The van der Waals surface area contributed by atoms with Gasteiger partial charge in [-0.2, -0.15) is 0 Å². The van der Waals surface area contributed by atoms with Gasteiger partial charge in [0.1, 0.15) is 11.6 Å². The highest BCUT2D eigenvalue weighted by Crippen LogP contribution is 2.13. The highest BCUT2D eigenvalue weighted by molar-refractivity contribution is 6.39. The van der Waals surface area contributed by atoms with Crippen LogP contribution in [0.25, 0.3) is 0 Å². The van der Waals surface area contributed by atoms with Crippen molar-refractivity contribution in [2.75, 3.05) is 5.32 Å². The minimum Gasteiger partial charge on any atom is -0.341 e. The van der Waals surface area contributed by atoms with Crippen molar-refractivity contribution in [2.45, 2.75) is 13.0 Å². The third kappa shape index (κ3) is 4.08. The Morgan fingerprint density at radius 2 is 1.64 bits per heavy atom. The number of carbonyl (C=O) groups excluding carboxylic acids is 2. The monoisotopic (exact) mass is 305 g/mol. The van der Waals surface area contributed by atoms with Crippen molar-refractivity contribution in [3.8, 4) is 0 Å². The summed E-state index contributed by atoms with van der Waals surface area (Å²) in [5, 5.41) is 4.62. The lowest BCUT2D eigenvalue weighted by Gasteiger charge is -2.13. The number of nitrogens with one attached hydrogen (secondary N) is 2. The maximum atomic E-state index is 13.0. The van der Waals surface area contributed by atoms with Crippen LogP contribution in [0.5, 0.6) is 0 Å². The molecule has 0 saturated heterocycles. The molecule has 1 aromatic heterocycles. The third-order valence-corrected chi connectivity index (χ3v) is 2.88. The van der Waals surface area contributed by atoms with E-state index in [1.165, 1.54) is 0 Å². The second kappa shape index (κ2) is 6.75. The maximum Gasteiger partial charge on any atom is 0.313 e. The fourth-order valence-corrected chi connectivity index (χ4v) is 1.81. The Kier molecular flexibility index (Phi) is 4.77. The molecule has 0 aliphatic rings. The molecule has 2 rings (SSSR count). The summed E-state index contributed by atoms with van der Waals surface area (Å²) in [7, 11) is 0. The second-order valence-corrected chi connectivity index (χ2v) is 4.59. The van der Waals surface area contributed by atoms with Gasteiger partial charge in [0.05, 0.1) is 6.04 Å². The summed E-state index contributed by atoms with van der Waals surface area (Å²) >= 11 is 0. The summed E-state index contributed by atoms with van der Waals surface area (Å²) < 4.78 is 26.0. The molecule has 0 radical (unpaired) electrons. The summed E-state index contributed by atoms with van der Waals surface area (Å²) in [6.07, 6.45) is 3.13. The van der Waals surface area contributed by atoms with E-state index >= 15 is 0 Å². The van der Waals surface area contributed by atoms with Crippen LogP contribution in [0.15, 0.2) is 42.7 Å². The van der Waals surface area contributed by atoms with Gasteiger partial charge in [-0.25, -0.2) is 8.78 Å². The van der Waals surface area contributed by atoms with Crippen molar-refractivity contribution in [2.24, 2.45) is 0 Å². The Labute approximate surface area is 125 Å². The van der Waals surface area contributed by atoms with Crippen LogP contribution < -0.4 is 10.6 Å². The quantitative estimate of drug-likeness (QED) is 0.854. The molecule has 114 valence electrons. The van der Waals surface area contributed by atoms with Gasteiger partial charge in [0.15, 0.2) is 0 Å². The number of benzene rings is 1. The van der Waals surface area contributed by atoms with E-state index < -0.39 is 29.5 Å². The number of amides is 2. The first-order chi connectivity index (χ1) is 10.5. The van der Waals surface area contributed by atoms with Crippen molar-refractivity contribution in [3.63, 3.8) is 0 Å². The molecule has 0 aliphatic heterocycles. The number of halogens is 2. The van der Waals surface area contributed by atoms with E-state index in [-0.39, 0.29) is 5.69 Å². The molecule has 1 unspecified atom stereocenters. The van der Waals surface area contributed by atoms with E-state index in [1.807, 2.05) is 0 Å². The van der Waals surface area contributed by atoms with Gasteiger partial charge >= 0.3 is 11.8 Å². The van der Waals surface area contributed by atoms with Gasteiger partial charge in [0, 0.05) is 24.1 Å². The molecule has 0 aliphatic carbocycles. The topological polar surface area (TPSA) is 71.1 Å². The average Bonchev–Trinajstić information content (AvgIpc) is 2.46. The molecule has 0 saturated carbocycles. The van der Waals surface area contributed by atoms with E-state index in [1.54, 1.807) is 31.5 Å². The Bertz CT molecular complexity index is 672. The van der Waals surface area contributed by atoms with E-state index in [0.29, 0.717) is 6.07 Å². The van der Waals surface area contributed by atoms with Crippen LogP contribution >= 0.6 is 0 Å². The lowest BCUT2D eigenvalue weighted by Crippen LogP contribution is -2.36. The smallest absolute Gasteiger partial charge is 0.313 e. The van der Waals surface area contributed by atoms with Crippen LogP contribution in [0.1, 0.15) is 18.5 Å². The average molecular weight is 305 g/mol. The summed E-state index contributed by atoms with van der Waals surface area (Å²) in [5.41, 5.74) is 0.641. The van der Waals surface area contributed by atoms with Crippen molar-refractivity contribution in [1.29, 1.82) is 0 Å². The molecular formula is C15H13F2N3O2. The highest BCUT2D eigenvalue weighted by Gasteiger charge is 2.17. The number of hydrogen-bond donors (Lipinski definition) is 2. The molecule has 2 amide bonds. The molecule has 1 aromatic carbocycles. The zero-order valence-electron chi connectivity index (χ0n) is 11.6. The SMILES string of the molecule is CC(NC(=O)C(=O)Nc1cc(F)cc(F)c1)c1ccncc1. The molecule has 1 heterocycles. The van der Waals surface area contributed by atoms with Crippen LogP contribution in [0, 0.1) is 11.6 Å². The number of pyridine rings is 1. The van der Waals surface area contributed by atoms with Gasteiger partial charge in [-0.05, 0) is 36.8 Å². The largest absolute Gasteiger partial charge is 0.341 e. The molecule has 0 fully saturated rings. The minimum atomic E-state index is -1.01. The number of anilines is 1. The standard InChI is InChI=1S/C15H13F2N3O2/c1-9(10-2-4-18-5-3-10)19-14(21)15(22)20-13-7-11(16)6-12(17)8-13/h2-9H,1H3,(H,19,21)(H,20,22). The predicted molar refractivity (Wildman–Crippen MR) is 75.8 cm³/mol. The van der Waals surface area contributed by atoms with E-state index in [4.69, 9.17) is 0 Å². The molecular weight excluding hydrogens is 292 g/mol. The van der Waals surface area contributed by atoms with E-state index in [2.05, 4.69) is 15.6 Å². The number of hydrogen-bond acceptors (Lipinski definition) is 3. The van der Waals surface area contributed by atoms with Crippen LogP contribution in [0.4, 0.5) is 14.5 Å². The molecule has 0 spiro atoms.